The lowest BCUT2D eigenvalue weighted by molar-refractivity contribution is 0.0894. The minimum absolute atomic E-state index is 0.139. The number of rotatable bonds is 3. The molecule has 1 aromatic heterocycles. The van der Waals surface area contributed by atoms with Gasteiger partial charge in [-0.1, -0.05) is 36.4 Å². The molecule has 0 spiro atoms. The van der Waals surface area contributed by atoms with Gasteiger partial charge >= 0.3 is 0 Å². The molecule has 0 saturated carbocycles. The monoisotopic (exact) mass is 320 g/mol. The van der Waals surface area contributed by atoms with Crippen molar-refractivity contribution in [3.63, 3.8) is 0 Å². The third-order valence-electron chi connectivity index (χ3n) is 3.41. The van der Waals surface area contributed by atoms with E-state index >= 15 is 0 Å². The van der Waals surface area contributed by atoms with Crippen LogP contribution in [0.1, 0.15) is 20.7 Å². The zero-order chi connectivity index (χ0) is 16.9. The van der Waals surface area contributed by atoms with Crippen LogP contribution in [0.5, 0.6) is 0 Å². The molecule has 3 aromatic rings. The molecule has 0 atom stereocenters. The second-order valence-corrected chi connectivity index (χ2v) is 4.98. The maximum absolute atomic E-state index is 14.0. The molecule has 2 amide bonds. The second kappa shape index (κ2) is 6.83. The van der Waals surface area contributed by atoms with Crippen LogP contribution in [0, 0.1) is 5.82 Å². The van der Waals surface area contributed by atoms with E-state index in [1.165, 1.54) is 30.5 Å². The van der Waals surface area contributed by atoms with Crippen LogP contribution in [0.4, 0.5) is 10.2 Å². The van der Waals surface area contributed by atoms with Crippen LogP contribution in [0.15, 0.2) is 79.0 Å². The zero-order valence-electron chi connectivity index (χ0n) is 12.6. The predicted octanol–water partition coefficient (Wildman–Crippen LogP) is 3.71. The summed E-state index contributed by atoms with van der Waals surface area (Å²) in [4.78, 5) is 30.6. The lowest BCUT2D eigenvalue weighted by atomic mass is 10.1. The largest absolute Gasteiger partial charge is 0.269 e. The Kier molecular flexibility index (Phi) is 4.43. The lowest BCUT2D eigenvalue weighted by Gasteiger charge is -2.20. The first-order valence-corrected chi connectivity index (χ1v) is 7.28. The number of amides is 2. The Hall–Kier alpha value is -3.34. The number of carbonyl (C=O) groups is 2. The molecular weight excluding hydrogens is 307 g/mol. The van der Waals surface area contributed by atoms with Crippen molar-refractivity contribution in [2.45, 2.75) is 0 Å². The smallest absolute Gasteiger partial charge is 0.268 e. The fraction of sp³-hybridized carbons (Fsp3) is 0. The third kappa shape index (κ3) is 3.05. The molecule has 0 saturated heterocycles. The summed E-state index contributed by atoms with van der Waals surface area (Å²) in [5, 5.41) is 0. The number of nitrogens with zero attached hydrogens (tertiary/aromatic N) is 2. The van der Waals surface area contributed by atoms with E-state index in [-0.39, 0.29) is 11.4 Å². The van der Waals surface area contributed by atoms with Gasteiger partial charge in [-0.3, -0.25) is 9.59 Å². The second-order valence-electron chi connectivity index (χ2n) is 4.98. The first kappa shape index (κ1) is 15.6. The van der Waals surface area contributed by atoms with E-state index in [4.69, 9.17) is 0 Å². The minimum atomic E-state index is -0.763. The van der Waals surface area contributed by atoms with Gasteiger partial charge in [0.2, 0.25) is 0 Å². The fourth-order valence-electron chi connectivity index (χ4n) is 2.25. The summed E-state index contributed by atoms with van der Waals surface area (Å²) >= 11 is 0. The van der Waals surface area contributed by atoms with Crippen LogP contribution < -0.4 is 4.90 Å². The molecule has 2 aromatic carbocycles. The van der Waals surface area contributed by atoms with Crippen molar-refractivity contribution in [3.8, 4) is 0 Å². The molecule has 0 radical (unpaired) electrons. The van der Waals surface area contributed by atoms with E-state index in [2.05, 4.69) is 4.98 Å². The topological polar surface area (TPSA) is 50.3 Å². The number of benzene rings is 2. The molecule has 0 N–H and O–H groups in total. The Labute approximate surface area is 138 Å². The molecule has 0 aliphatic carbocycles. The molecular formula is C19H13FN2O2. The molecule has 0 bridgehead atoms. The van der Waals surface area contributed by atoms with Crippen molar-refractivity contribution >= 4 is 17.6 Å². The summed E-state index contributed by atoms with van der Waals surface area (Å²) in [6.45, 7) is 0. The van der Waals surface area contributed by atoms with E-state index in [0.717, 1.165) is 4.90 Å². The molecule has 5 heteroatoms. The fourth-order valence-corrected chi connectivity index (χ4v) is 2.25. The van der Waals surface area contributed by atoms with Gasteiger partial charge in [-0.2, -0.15) is 0 Å². The van der Waals surface area contributed by atoms with Gasteiger partial charge in [0, 0.05) is 11.8 Å². The number of imide groups is 1. The van der Waals surface area contributed by atoms with Crippen LogP contribution in [-0.2, 0) is 0 Å². The van der Waals surface area contributed by atoms with Crippen molar-refractivity contribution in [2.24, 2.45) is 0 Å². The minimum Gasteiger partial charge on any atom is -0.268 e. The van der Waals surface area contributed by atoms with E-state index in [9.17, 15) is 14.0 Å². The van der Waals surface area contributed by atoms with Crippen molar-refractivity contribution in [2.75, 3.05) is 4.90 Å². The number of carbonyl (C=O) groups excluding carboxylic acids is 2. The Morgan fingerprint density at radius 3 is 2.12 bits per heavy atom. The van der Waals surface area contributed by atoms with Crippen molar-refractivity contribution in [3.05, 3.63) is 95.9 Å². The van der Waals surface area contributed by atoms with Crippen LogP contribution in [0.2, 0.25) is 0 Å². The number of halogens is 1. The van der Waals surface area contributed by atoms with Crippen LogP contribution in [0.25, 0.3) is 0 Å². The van der Waals surface area contributed by atoms with E-state index in [1.807, 2.05) is 0 Å². The number of hydrogen-bond donors (Lipinski definition) is 0. The number of aromatic nitrogens is 1. The maximum Gasteiger partial charge on any atom is 0.269 e. The summed E-state index contributed by atoms with van der Waals surface area (Å²) in [5.74, 6) is -1.88. The highest BCUT2D eigenvalue weighted by molar-refractivity contribution is 6.25. The molecule has 24 heavy (non-hydrogen) atoms. The molecule has 0 unspecified atom stereocenters. The summed E-state index contributed by atoms with van der Waals surface area (Å²) < 4.78 is 14.0. The lowest BCUT2D eigenvalue weighted by Crippen LogP contribution is -2.38. The molecule has 0 aliphatic heterocycles. The zero-order valence-corrected chi connectivity index (χ0v) is 12.6. The highest BCUT2D eigenvalue weighted by Gasteiger charge is 2.28. The van der Waals surface area contributed by atoms with Gasteiger partial charge in [-0.05, 0) is 36.4 Å². The quantitative estimate of drug-likeness (QED) is 0.691. The molecule has 118 valence electrons. The SMILES string of the molecule is O=C(c1ccccc1)N(C(=O)c1ccccc1F)c1ccccn1. The standard InChI is InChI=1S/C19H13FN2O2/c20-16-11-5-4-10-15(16)19(24)22(17-12-6-7-13-21-17)18(23)14-8-2-1-3-9-14/h1-13H. The van der Waals surface area contributed by atoms with Gasteiger partial charge < -0.3 is 0 Å². The van der Waals surface area contributed by atoms with Gasteiger partial charge in [-0.25, -0.2) is 14.3 Å². The van der Waals surface area contributed by atoms with Gasteiger partial charge in [-0.15, -0.1) is 0 Å². The van der Waals surface area contributed by atoms with Crippen LogP contribution in [0.3, 0.4) is 0 Å². The van der Waals surface area contributed by atoms with Crippen LogP contribution >= 0.6 is 0 Å². The summed E-state index contributed by atoms with van der Waals surface area (Å²) in [6.07, 6.45) is 1.47. The average Bonchev–Trinajstić information content (AvgIpc) is 2.64. The van der Waals surface area contributed by atoms with Gasteiger partial charge in [0.1, 0.15) is 11.6 Å². The van der Waals surface area contributed by atoms with Gasteiger partial charge in [0.25, 0.3) is 11.8 Å². The number of pyridine rings is 1. The maximum atomic E-state index is 14.0. The first-order chi connectivity index (χ1) is 11.7. The van der Waals surface area contributed by atoms with Gasteiger partial charge in [0.05, 0.1) is 5.56 Å². The molecule has 0 aliphatic rings. The molecule has 1 heterocycles. The molecule has 0 fully saturated rings. The molecule has 4 nitrogen and oxygen atoms in total. The predicted molar refractivity (Wildman–Crippen MR) is 88.2 cm³/mol. The Bertz CT molecular complexity index is 867. The normalized spacial score (nSPS) is 10.2. The first-order valence-electron chi connectivity index (χ1n) is 7.28. The Morgan fingerprint density at radius 2 is 1.46 bits per heavy atom. The number of anilines is 1. The van der Waals surface area contributed by atoms with Gasteiger partial charge in [0.15, 0.2) is 0 Å². The third-order valence-corrected chi connectivity index (χ3v) is 3.41. The average molecular weight is 320 g/mol. The Balaban J connectivity index is 2.08. The summed E-state index contributed by atoms with van der Waals surface area (Å²) in [5.41, 5.74) is 0.125. The summed E-state index contributed by atoms with van der Waals surface area (Å²) in [6, 6.07) is 18.7. The Morgan fingerprint density at radius 1 is 0.792 bits per heavy atom. The summed E-state index contributed by atoms with van der Waals surface area (Å²) in [7, 11) is 0. The van der Waals surface area contributed by atoms with Crippen molar-refractivity contribution in [1.29, 1.82) is 0 Å². The van der Waals surface area contributed by atoms with Crippen LogP contribution in [-0.4, -0.2) is 16.8 Å². The van der Waals surface area contributed by atoms with E-state index < -0.39 is 17.6 Å². The highest BCUT2D eigenvalue weighted by Crippen LogP contribution is 2.19. The van der Waals surface area contributed by atoms with Crippen molar-refractivity contribution < 1.29 is 14.0 Å². The highest BCUT2D eigenvalue weighted by atomic mass is 19.1. The van der Waals surface area contributed by atoms with Crippen molar-refractivity contribution in [1.82, 2.24) is 4.98 Å². The van der Waals surface area contributed by atoms with E-state index in [1.54, 1.807) is 48.5 Å². The number of hydrogen-bond acceptors (Lipinski definition) is 3. The molecule has 3 rings (SSSR count). The van der Waals surface area contributed by atoms with E-state index in [0.29, 0.717) is 5.56 Å².